The van der Waals surface area contributed by atoms with Crippen molar-refractivity contribution in [2.45, 2.75) is 26.4 Å². The van der Waals surface area contributed by atoms with Gasteiger partial charge in [-0.2, -0.15) is 15.0 Å². The van der Waals surface area contributed by atoms with E-state index >= 15 is 0 Å². The van der Waals surface area contributed by atoms with Gasteiger partial charge in [-0.15, -0.1) is 10.2 Å². The first kappa shape index (κ1) is 14.9. The summed E-state index contributed by atoms with van der Waals surface area (Å²) in [5, 5.41) is 10.9. The quantitative estimate of drug-likeness (QED) is 0.466. The maximum absolute atomic E-state index is 5.44. The minimum Gasteiger partial charge on any atom is -0.461 e. The molecule has 0 aromatic carbocycles. The number of aryl methyl sites for hydroxylation is 1. The van der Waals surface area contributed by atoms with Crippen LogP contribution >= 0.6 is 0 Å². The van der Waals surface area contributed by atoms with Crippen LogP contribution in [0.4, 0.5) is 11.9 Å². The van der Waals surface area contributed by atoms with Crippen LogP contribution in [0.3, 0.4) is 0 Å². The minimum absolute atomic E-state index is 0.0375. The van der Waals surface area contributed by atoms with Crippen molar-refractivity contribution >= 4 is 11.9 Å². The van der Waals surface area contributed by atoms with E-state index in [2.05, 4.69) is 35.9 Å². The first-order chi connectivity index (χ1) is 10.1. The number of anilines is 2. The molecule has 0 atom stereocenters. The second-order valence-electron chi connectivity index (χ2n) is 4.61. The lowest BCUT2D eigenvalue weighted by Crippen LogP contribution is -2.17. The Morgan fingerprint density at radius 2 is 2.05 bits per heavy atom. The van der Waals surface area contributed by atoms with E-state index in [1.807, 2.05) is 25.5 Å². The molecule has 0 unspecified atom stereocenters. The number of hydrazine groups is 1. The Bertz CT molecular complexity index is 583. The molecule has 0 amide bonds. The largest absolute Gasteiger partial charge is 0.461 e. The van der Waals surface area contributed by atoms with Crippen LogP contribution in [0.1, 0.15) is 19.7 Å². The van der Waals surface area contributed by atoms with Crippen LogP contribution in [-0.2, 0) is 13.5 Å². The molecule has 0 bridgehead atoms. The SMILES string of the molecule is CC(C)Oc1nc(NN)nc(NCCc2nncn2C)n1. The van der Waals surface area contributed by atoms with Gasteiger partial charge in [-0.25, -0.2) is 5.84 Å². The fourth-order valence-electron chi connectivity index (χ4n) is 1.58. The smallest absolute Gasteiger partial charge is 0.323 e. The van der Waals surface area contributed by atoms with Crippen molar-refractivity contribution in [2.24, 2.45) is 12.9 Å². The lowest BCUT2D eigenvalue weighted by molar-refractivity contribution is 0.222. The average molecular weight is 293 g/mol. The van der Waals surface area contributed by atoms with Crippen molar-refractivity contribution in [2.75, 3.05) is 17.3 Å². The third-order valence-electron chi connectivity index (χ3n) is 2.52. The van der Waals surface area contributed by atoms with E-state index in [1.165, 1.54) is 0 Å². The topological polar surface area (TPSA) is 129 Å². The zero-order chi connectivity index (χ0) is 15.2. The van der Waals surface area contributed by atoms with E-state index < -0.39 is 0 Å². The van der Waals surface area contributed by atoms with Crippen LogP contribution in [0.2, 0.25) is 0 Å². The van der Waals surface area contributed by atoms with Gasteiger partial charge in [-0.05, 0) is 13.8 Å². The molecular weight excluding hydrogens is 274 g/mol. The number of nitrogens with zero attached hydrogens (tertiary/aromatic N) is 6. The van der Waals surface area contributed by atoms with E-state index in [0.717, 1.165) is 5.82 Å². The summed E-state index contributed by atoms with van der Waals surface area (Å²) >= 11 is 0. The Balaban J connectivity index is 2.00. The highest BCUT2D eigenvalue weighted by molar-refractivity contribution is 5.34. The van der Waals surface area contributed by atoms with Crippen molar-refractivity contribution in [3.8, 4) is 6.01 Å². The highest BCUT2D eigenvalue weighted by Crippen LogP contribution is 2.11. The van der Waals surface area contributed by atoms with Crippen LogP contribution in [0.25, 0.3) is 0 Å². The molecule has 2 aromatic heterocycles. The normalized spacial score (nSPS) is 10.7. The van der Waals surface area contributed by atoms with E-state index in [9.17, 15) is 0 Å². The maximum Gasteiger partial charge on any atom is 0.323 e. The van der Waals surface area contributed by atoms with Crippen molar-refractivity contribution in [3.63, 3.8) is 0 Å². The van der Waals surface area contributed by atoms with Gasteiger partial charge in [0.25, 0.3) is 0 Å². The van der Waals surface area contributed by atoms with Gasteiger partial charge in [0.1, 0.15) is 12.2 Å². The number of nitrogens with one attached hydrogen (secondary N) is 2. The molecule has 0 radical (unpaired) electrons. The first-order valence-electron chi connectivity index (χ1n) is 6.54. The van der Waals surface area contributed by atoms with E-state index in [-0.39, 0.29) is 18.1 Å². The average Bonchev–Trinajstić information content (AvgIpc) is 2.83. The van der Waals surface area contributed by atoms with Crippen molar-refractivity contribution < 1.29 is 4.74 Å². The molecule has 2 aromatic rings. The minimum atomic E-state index is -0.0375. The van der Waals surface area contributed by atoms with Gasteiger partial charge in [0.2, 0.25) is 11.9 Å². The fraction of sp³-hybridized carbons (Fsp3) is 0.545. The predicted molar refractivity (Wildman–Crippen MR) is 76.6 cm³/mol. The summed E-state index contributed by atoms with van der Waals surface area (Å²) in [7, 11) is 1.89. The number of nitrogen functional groups attached to an aromatic ring is 1. The second kappa shape index (κ2) is 6.79. The summed E-state index contributed by atoms with van der Waals surface area (Å²) < 4.78 is 7.30. The summed E-state index contributed by atoms with van der Waals surface area (Å²) in [6, 6.07) is 0.217. The molecule has 2 rings (SSSR count). The predicted octanol–water partition coefficient (Wildman–Crippen LogP) is -0.272. The molecule has 0 fully saturated rings. The molecule has 0 aliphatic rings. The highest BCUT2D eigenvalue weighted by Gasteiger charge is 2.08. The van der Waals surface area contributed by atoms with Gasteiger partial charge >= 0.3 is 6.01 Å². The third kappa shape index (κ3) is 4.24. The summed E-state index contributed by atoms with van der Waals surface area (Å²) in [5.74, 6) is 6.83. The molecule has 0 aliphatic carbocycles. The Kier molecular flexibility index (Phi) is 4.82. The molecule has 2 heterocycles. The lowest BCUT2D eigenvalue weighted by Gasteiger charge is -2.10. The van der Waals surface area contributed by atoms with E-state index in [4.69, 9.17) is 10.6 Å². The number of hydrogen-bond donors (Lipinski definition) is 3. The van der Waals surface area contributed by atoms with Crippen LogP contribution in [0.5, 0.6) is 6.01 Å². The molecule has 10 heteroatoms. The van der Waals surface area contributed by atoms with Gasteiger partial charge in [0, 0.05) is 20.0 Å². The van der Waals surface area contributed by atoms with Crippen molar-refractivity contribution in [3.05, 3.63) is 12.2 Å². The number of nitrogens with two attached hydrogens (primary N) is 1. The van der Waals surface area contributed by atoms with E-state index in [1.54, 1.807) is 6.33 Å². The maximum atomic E-state index is 5.44. The monoisotopic (exact) mass is 293 g/mol. The van der Waals surface area contributed by atoms with Gasteiger partial charge in [-0.1, -0.05) is 0 Å². The zero-order valence-electron chi connectivity index (χ0n) is 12.2. The zero-order valence-corrected chi connectivity index (χ0v) is 12.2. The van der Waals surface area contributed by atoms with Gasteiger partial charge in [0.15, 0.2) is 0 Å². The number of ether oxygens (including phenoxy) is 1. The van der Waals surface area contributed by atoms with Crippen LogP contribution in [0.15, 0.2) is 6.33 Å². The van der Waals surface area contributed by atoms with Crippen LogP contribution < -0.4 is 21.3 Å². The van der Waals surface area contributed by atoms with Gasteiger partial charge in [-0.3, -0.25) is 5.43 Å². The number of aromatic nitrogens is 6. The third-order valence-corrected chi connectivity index (χ3v) is 2.52. The Morgan fingerprint density at radius 3 is 2.67 bits per heavy atom. The molecule has 21 heavy (non-hydrogen) atoms. The number of rotatable bonds is 7. The molecule has 0 aliphatic heterocycles. The van der Waals surface area contributed by atoms with E-state index in [0.29, 0.717) is 18.9 Å². The fourth-order valence-corrected chi connectivity index (χ4v) is 1.58. The molecule has 0 saturated heterocycles. The molecule has 0 saturated carbocycles. The summed E-state index contributed by atoms with van der Waals surface area (Å²) in [4.78, 5) is 12.3. The van der Waals surface area contributed by atoms with Crippen LogP contribution in [-0.4, -0.2) is 42.4 Å². The molecular formula is C11H19N9O. The standard InChI is InChI=1S/C11H19N9O/c1-7(2)21-11-16-9(15-10(17-11)18-12)13-5-4-8-19-14-6-20(8)3/h6-7H,4-5,12H2,1-3H3,(H2,13,15,16,17,18). The first-order valence-corrected chi connectivity index (χ1v) is 6.54. The summed E-state index contributed by atoms with van der Waals surface area (Å²) in [6.45, 7) is 4.38. The summed E-state index contributed by atoms with van der Waals surface area (Å²) in [5.41, 5.74) is 2.39. The van der Waals surface area contributed by atoms with Crippen LogP contribution in [0, 0.1) is 0 Å². The summed E-state index contributed by atoms with van der Waals surface area (Å²) in [6.07, 6.45) is 2.31. The van der Waals surface area contributed by atoms with Crippen molar-refractivity contribution in [1.82, 2.24) is 29.7 Å². The highest BCUT2D eigenvalue weighted by atomic mass is 16.5. The Morgan fingerprint density at radius 1 is 1.29 bits per heavy atom. The number of hydrogen-bond acceptors (Lipinski definition) is 9. The van der Waals surface area contributed by atoms with Gasteiger partial charge < -0.3 is 14.6 Å². The van der Waals surface area contributed by atoms with Crippen molar-refractivity contribution in [1.29, 1.82) is 0 Å². The molecule has 0 spiro atoms. The Labute approximate surface area is 122 Å². The Hall–Kier alpha value is -2.49. The second-order valence-corrected chi connectivity index (χ2v) is 4.61. The van der Waals surface area contributed by atoms with Gasteiger partial charge in [0.05, 0.1) is 6.10 Å². The lowest BCUT2D eigenvalue weighted by atomic mass is 10.4. The molecule has 10 nitrogen and oxygen atoms in total. The molecule has 114 valence electrons. The molecule has 4 N–H and O–H groups in total.